The number of thioether (sulfide) groups is 1. The van der Waals surface area contributed by atoms with E-state index in [1.165, 1.54) is 59.2 Å². The highest BCUT2D eigenvalue weighted by Gasteiger charge is 2.54. The average Bonchev–Trinajstić information content (AvgIpc) is 3.37. The lowest BCUT2D eigenvalue weighted by Crippen LogP contribution is -2.70. The van der Waals surface area contributed by atoms with Crippen molar-refractivity contribution in [2.24, 2.45) is 0 Å². The fourth-order valence-electron chi connectivity index (χ4n) is 3.70. The summed E-state index contributed by atoms with van der Waals surface area (Å²) in [6.07, 6.45) is 0.149. The van der Waals surface area contributed by atoms with Crippen molar-refractivity contribution < 1.29 is 33.6 Å². The van der Waals surface area contributed by atoms with Gasteiger partial charge in [-0.05, 0) is 29.1 Å². The minimum atomic E-state index is -0.796. The Labute approximate surface area is 213 Å². The van der Waals surface area contributed by atoms with Crippen molar-refractivity contribution in [1.82, 2.24) is 10.2 Å². The number of rotatable bonds is 9. The molecule has 1 aromatic heterocycles. The minimum Gasteiger partial charge on any atom is -0.461 e. The standard InChI is InChI=1S/C23H21N3O8S2/c1-13(27)33-11-15-12-36-22-19(24-18(28)9-17-3-2-8-35-17)21(29)25(22)20(15)23(30)34-10-14-4-6-16(7-5-14)26(31)32/h2-8,19,22H,9-12H2,1H3,(H,24,28)/t19?,22-/m1/s1. The lowest BCUT2D eigenvalue weighted by Gasteiger charge is -2.49. The second kappa shape index (κ2) is 10.9. The lowest BCUT2D eigenvalue weighted by atomic mass is 10.0. The normalized spacial score (nSPS) is 18.7. The van der Waals surface area contributed by atoms with E-state index in [1.807, 2.05) is 17.5 Å². The van der Waals surface area contributed by atoms with Gasteiger partial charge in [0.05, 0.1) is 11.3 Å². The number of hydrogen-bond donors (Lipinski definition) is 1. The third-order valence-electron chi connectivity index (χ3n) is 5.44. The van der Waals surface area contributed by atoms with E-state index in [0.29, 0.717) is 16.9 Å². The number of amides is 2. The molecule has 2 aromatic rings. The fourth-order valence-corrected chi connectivity index (χ4v) is 5.73. The molecule has 36 heavy (non-hydrogen) atoms. The van der Waals surface area contributed by atoms with E-state index in [0.717, 1.165) is 4.88 Å². The fraction of sp³-hybridized carbons (Fsp3) is 0.304. The van der Waals surface area contributed by atoms with Gasteiger partial charge in [-0.2, -0.15) is 0 Å². The van der Waals surface area contributed by atoms with Gasteiger partial charge in [0.2, 0.25) is 5.91 Å². The molecule has 1 unspecified atom stereocenters. The predicted molar refractivity (Wildman–Crippen MR) is 130 cm³/mol. The van der Waals surface area contributed by atoms with Crippen LogP contribution in [0.3, 0.4) is 0 Å². The number of esters is 2. The summed E-state index contributed by atoms with van der Waals surface area (Å²) < 4.78 is 10.5. The van der Waals surface area contributed by atoms with Gasteiger partial charge in [-0.25, -0.2) is 4.79 Å². The number of carbonyl (C=O) groups is 4. The molecule has 1 saturated heterocycles. The van der Waals surface area contributed by atoms with Gasteiger partial charge in [-0.15, -0.1) is 23.1 Å². The van der Waals surface area contributed by atoms with Gasteiger partial charge >= 0.3 is 11.9 Å². The Morgan fingerprint density at radius 1 is 1.17 bits per heavy atom. The zero-order valence-corrected chi connectivity index (χ0v) is 20.6. The summed E-state index contributed by atoms with van der Waals surface area (Å²) in [6.45, 7) is 0.873. The van der Waals surface area contributed by atoms with Crippen molar-refractivity contribution in [3.63, 3.8) is 0 Å². The Morgan fingerprint density at radius 2 is 1.92 bits per heavy atom. The molecule has 11 nitrogen and oxygen atoms in total. The molecule has 188 valence electrons. The molecule has 3 heterocycles. The molecule has 0 bridgehead atoms. The molecule has 1 N–H and O–H groups in total. The smallest absolute Gasteiger partial charge is 0.355 e. The molecule has 13 heteroatoms. The van der Waals surface area contributed by atoms with Crippen molar-refractivity contribution >= 4 is 52.5 Å². The Kier molecular flexibility index (Phi) is 7.70. The van der Waals surface area contributed by atoms with Crippen LogP contribution >= 0.6 is 23.1 Å². The summed E-state index contributed by atoms with van der Waals surface area (Å²) >= 11 is 2.79. The summed E-state index contributed by atoms with van der Waals surface area (Å²) in [5.41, 5.74) is 0.820. The highest BCUT2D eigenvalue weighted by Crippen LogP contribution is 2.41. The van der Waals surface area contributed by atoms with Gasteiger partial charge in [-0.3, -0.25) is 29.4 Å². The number of nitrogens with zero attached hydrogens (tertiary/aromatic N) is 2. The van der Waals surface area contributed by atoms with Crippen molar-refractivity contribution in [3.05, 3.63) is 73.6 Å². The summed E-state index contributed by atoms with van der Waals surface area (Å²) in [4.78, 5) is 62.2. The van der Waals surface area contributed by atoms with Crippen LogP contribution in [0.2, 0.25) is 0 Å². The van der Waals surface area contributed by atoms with E-state index in [2.05, 4.69) is 5.32 Å². The first-order chi connectivity index (χ1) is 17.2. The van der Waals surface area contributed by atoms with Crippen LogP contribution in [0.1, 0.15) is 17.4 Å². The topological polar surface area (TPSA) is 145 Å². The molecule has 2 atom stereocenters. The second-order valence-corrected chi connectivity index (χ2v) is 10.1. The molecule has 4 rings (SSSR count). The highest BCUT2D eigenvalue weighted by atomic mass is 32.2. The Balaban J connectivity index is 1.46. The maximum Gasteiger partial charge on any atom is 0.355 e. The summed E-state index contributed by atoms with van der Waals surface area (Å²) in [5, 5.41) is 14.9. The number of fused-ring (bicyclic) bond motifs is 1. The molecule has 1 fully saturated rings. The van der Waals surface area contributed by atoms with Crippen LogP contribution < -0.4 is 5.32 Å². The number of benzene rings is 1. The summed E-state index contributed by atoms with van der Waals surface area (Å²) in [7, 11) is 0. The van der Waals surface area contributed by atoms with Crippen LogP contribution in [0.15, 0.2) is 53.0 Å². The first kappa shape index (κ1) is 25.4. The van der Waals surface area contributed by atoms with Crippen molar-refractivity contribution in [3.8, 4) is 0 Å². The Hall–Kier alpha value is -3.71. The number of nitrogens with one attached hydrogen (secondary N) is 1. The molecule has 0 saturated carbocycles. The zero-order chi connectivity index (χ0) is 25.8. The van der Waals surface area contributed by atoms with Crippen LogP contribution in [-0.2, 0) is 41.7 Å². The van der Waals surface area contributed by atoms with Crippen molar-refractivity contribution in [1.29, 1.82) is 0 Å². The lowest BCUT2D eigenvalue weighted by molar-refractivity contribution is -0.384. The number of ether oxygens (including phenoxy) is 2. The van der Waals surface area contributed by atoms with E-state index in [4.69, 9.17) is 9.47 Å². The van der Waals surface area contributed by atoms with Gasteiger partial charge in [0.15, 0.2) is 0 Å². The summed E-state index contributed by atoms with van der Waals surface area (Å²) in [6, 6.07) is 8.40. The highest BCUT2D eigenvalue weighted by molar-refractivity contribution is 8.00. The van der Waals surface area contributed by atoms with Crippen molar-refractivity contribution in [2.45, 2.75) is 31.4 Å². The molecular weight excluding hydrogens is 510 g/mol. The number of non-ortho nitro benzene ring substituents is 1. The zero-order valence-electron chi connectivity index (χ0n) is 19.0. The van der Waals surface area contributed by atoms with E-state index < -0.39 is 34.2 Å². The number of nitro benzene ring substituents is 1. The van der Waals surface area contributed by atoms with Crippen LogP contribution in [0.4, 0.5) is 5.69 Å². The molecular formula is C23H21N3O8S2. The number of thiophene rings is 1. The summed E-state index contributed by atoms with van der Waals surface area (Å²) in [5.74, 6) is -1.80. The van der Waals surface area contributed by atoms with Gasteiger partial charge in [0.1, 0.15) is 30.3 Å². The number of carbonyl (C=O) groups excluding carboxylic acids is 4. The molecule has 0 radical (unpaired) electrons. The minimum absolute atomic E-state index is 0.0179. The third kappa shape index (κ3) is 5.57. The van der Waals surface area contributed by atoms with Crippen LogP contribution in [0.25, 0.3) is 0 Å². The van der Waals surface area contributed by atoms with Crippen LogP contribution in [0.5, 0.6) is 0 Å². The Morgan fingerprint density at radius 3 is 2.56 bits per heavy atom. The second-order valence-electron chi connectivity index (χ2n) is 7.94. The first-order valence-electron chi connectivity index (χ1n) is 10.8. The molecule has 2 amide bonds. The third-order valence-corrected chi connectivity index (χ3v) is 7.65. The van der Waals surface area contributed by atoms with E-state index in [-0.39, 0.29) is 36.9 Å². The SMILES string of the molecule is CC(=O)OCC1=C(C(=O)OCc2ccc([N+](=O)[O-])cc2)N2C(=O)C(NC(=O)Cc3cccs3)[C@H]2SC1. The largest absolute Gasteiger partial charge is 0.461 e. The van der Waals surface area contributed by atoms with E-state index in [9.17, 15) is 29.3 Å². The van der Waals surface area contributed by atoms with Gasteiger partial charge in [-0.1, -0.05) is 6.07 Å². The maximum atomic E-state index is 13.1. The first-order valence-corrected chi connectivity index (χ1v) is 12.7. The molecule has 2 aliphatic rings. The number of β-lactam (4-membered cyclic amide) rings is 1. The van der Waals surface area contributed by atoms with E-state index in [1.54, 1.807) is 0 Å². The molecule has 0 spiro atoms. The van der Waals surface area contributed by atoms with Crippen molar-refractivity contribution in [2.75, 3.05) is 12.4 Å². The van der Waals surface area contributed by atoms with E-state index >= 15 is 0 Å². The number of hydrogen-bond acceptors (Lipinski definition) is 10. The Bertz CT molecular complexity index is 1230. The molecule has 0 aliphatic carbocycles. The monoisotopic (exact) mass is 531 g/mol. The van der Waals surface area contributed by atoms with Gasteiger partial charge in [0, 0.05) is 35.3 Å². The van der Waals surface area contributed by atoms with Gasteiger partial charge < -0.3 is 14.8 Å². The number of nitro groups is 1. The molecule has 1 aromatic carbocycles. The van der Waals surface area contributed by atoms with Gasteiger partial charge in [0.25, 0.3) is 11.6 Å². The average molecular weight is 532 g/mol. The maximum absolute atomic E-state index is 13.1. The molecule has 2 aliphatic heterocycles. The van der Waals surface area contributed by atoms with Crippen LogP contribution in [0, 0.1) is 10.1 Å². The predicted octanol–water partition coefficient (Wildman–Crippen LogP) is 2.16. The van der Waals surface area contributed by atoms with Crippen LogP contribution in [-0.4, -0.2) is 57.4 Å². The quantitative estimate of drug-likeness (QED) is 0.223.